The van der Waals surface area contributed by atoms with Crippen molar-refractivity contribution in [2.75, 3.05) is 0 Å². The standard InChI is InChI=1S/C15H13BrFN3/c16-10-6-5-9(7-11(10)17)8-12(18)15-19-13-3-1-2-4-14(13)20-15/h1-7,12H,8,18H2,(H,19,20). The largest absolute Gasteiger partial charge is 0.341 e. The van der Waals surface area contributed by atoms with Crippen LogP contribution in [0.15, 0.2) is 46.9 Å². The van der Waals surface area contributed by atoms with E-state index >= 15 is 0 Å². The van der Waals surface area contributed by atoms with Crippen molar-refractivity contribution in [2.45, 2.75) is 12.5 Å². The smallest absolute Gasteiger partial charge is 0.137 e. The van der Waals surface area contributed by atoms with Crippen LogP contribution in [0.3, 0.4) is 0 Å². The van der Waals surface area contributed by atoms with E-state index in [1.165, 1.54) is 6.07 Å². The van der Waals surface area contributed by atoms with Crippen molar-refractivity contribution < 1.29 is 4.39 Å². The third-order valence-corrected chi connectivity index (χ3v) is 3.84. The van der Waals surface area contributed by atoms with Crippen LogP contribution in [0.25, 0.3) is 11.0 Å². The quantitative estimate of drug-likeness (QED) is 0.767. The van der Waals surface area contributed by atoms with Gasteiger partial charge in [-0.25, -0.2) is 9.37 Å². The highest BCUT2D eigenvalue weighted by molar-refractivity contribution is 9.10. The molecule has 0 amide bonds. The molecule has 0 bridgehead atoms. The van der Waals surface area contributed by atoms with E-state index in [0.717, 1.165) is 22.4 Å². The molecule has 2 aromatic carbocycles. The number of aromatic amines is 1. The Balaban J connectivity index is 1.84. The van der Waals surface area contributed by atoms with E-state index in [0.29, 0.717) is 10.9 Å². The fourth-order valence-corrected chi connectivity index (χ4v) is 2.41. The number of aromatic nitrogens is 2. The Morgan fingerprint density at radius 3 is 2.80 bits per heavy atom. The first-order chi connectivity index (χ1) is 9.63. The summed E-state index contributed by atoms with van der Waals surface area (Å²) >= 11 is 3.14. The summed E-state index contributed by atoms with van der Waals surface area (Å²) in [5.41, 5.74) is 8.84. The number of H-pyrrole nitrogens is 1. The van der Waals surface area contributed by atoms with E-state index in [1.54, 1.807) is 6.07 Å². The zero-order valence-electron chi connectivity index (χ0n) is 10.6. The van der Waals surface area contributed by atoms with Crippen LogP contribution in [0.1, 0.15) is 17.4 Å². The molecular formula is C15H13BrFN3. The average Bonchev–Trinajstić information content (AvgIpc) is 2.87. The molecule has 1 atom stereocenters. The lowest BCUT2D eigenvalue weighted by Gasteiger charge is -2.09. The number of imidazole rings is 1. The number of rotatable bonds is 3. The van der Waals surface area contributed by atoms with Crippen LogP contribution in [0, 0.1) is 5.82 Å². The second-order valence-electron chi connectivity index (χ2n) is 4.70. The van der Waals surface area contributed by atoms with Crippen LogP contribution in [0.4, 0.5) is 4.39 Å². The van der Waals surface area contributed by atoms with Crippen molar-refractivity contribution in [2.24, 2.45) is 5.73 Å². The summed E-state index contributed by atoms with van der Waals surface area (Å²) in [4.78, 5) is 7.67. The number of benzene rings is 2. The van der Waals surface area contributed by atoms with E-state index < -0.39 is 0 Å². The van der Waals surface area contributed by atoms with Crippen LogP contribution < -0.4 is 5.73 Å². The van der Waals surface area contributed by atoms with Crippen molar-refractivity contribution in [3.05, 3.63) is 64.1 Å². The van der Waals surface area contributed by atoms with Gasteiger partial charge in [0.25, 0.3) is 0 Å². The molecule has 0 spiro atoms. The van der Waals surface area contributed by atoms with Gasteiger partial charge in [-0.1, -0.05) is 18.2 Å². The van der Waals surface area contributed by atoms with Gasteiger partial charge in [0.05, 0.1) is 21.5 Å². The van der Waals surface area contributed by atoms with Crippen molar-refractivity contribution in [3.8, 4) is 0 Å². The molecule has 0 radical (unpaired) electrons. The SMILES string of the molecule is NC(Cc1ccc(Br)c(F)c1)c1nc2ccccc2[nH]1. The van der Waals surface area contributed by atoms with Crippen molar-refractivity contribution in [1.82, 2.24) is 9.97 Å². The third kappa shape index (κ3) is 2.59. The molecule has 5 heteroatoms. The summed E-state index contributed by atoms with van der Waals surface area (Å²) in [6, 6.07) is 12.5. The summed E-state index contributed by atoms with van der Waals surface area (Å²) in [7, 11) is 0. The molecule has 3 N–H and O–H groups in total. The van der Waals surface area contributed by atoms with Gasteiger partial charge in [-0.3, -0.25) is 0 Å². The number of nitrogens with zero attached hydrogens (tertiary/aromatic N) is 1. The van der Waals surface area contributed by atoms with Gasteiger partial charge in [-0.15, -0.1) is 0 Å². The summed E-state index contributed by atoms with van der Waals surface area (Å²) in [6.45, 7) is 0. The predicted octanol–water partition coefficient (Wildman–Crippen LogP) is 3.71. The van der Waals surface area contributed by atoms with Crippen LogP contribution in [0.2, 0.25) is 0 Å². The van der Waals surface area contributed by atoms with Gasteiger partial charge in [0.1, 0.15) is 11.6 Å². The average molecular weight is 334 g/mol. The molecule has 0 aliphatic heterocycles. The lowest BCUT2D eigenvalue weighted by Crippen LogP contribution is -2.15. The monoisotopic (exact) mass is 333 g/mol. The Labute approximate surface area is 124 Å². The second kappa shape index (κ2) is 5.34. The maximum Gasteiger partial charge on any atom is 0.137 e. The number of para-hydroxylation sites is 2. The minimum Gasteiger partial charge on any atom is -0.341 e. The summed E-state index contributed by atoms with van der Waals surface area (Å²) in [5.74, 6) is 0.439. The lowest BCUT2D eigenvalue weighted by molar-refractivity contribution is 0.613. The minimum atomic E-state index is -0.289. The van der Waals surface area contributed by atoms with Crippen molar-refractivity contribution >= 4 is 27.0 Å². The van der Waals surface area contributed by atoms with Crippen LogP contribution in [-0.4, -0.2) is 9.97 Å². The number of hydrogen-bond acceptors (Lipinski definition) is 2. The molecule has 0 aliphatic rings. The lowest BCUT2D eigenvalue weighted by atomic mass is 10.1. The Morgan fingerprint density at radius 1 is 1.25 bits per heavy atom. The van der Waals surface area contributed by atoms with Crippen LogP contribution in [0.5, 0.6) is 0 Å². The van der Waals surface area contributed by atoms with Gasteiger partial charge >= 0.3 is 0 Å². The molecule has 1 unspecified atom stereocenters. The van der Waals surface area contributed by atoms with Crippen LogP contribution >= 0.6 is 15.9 Å². The topological polar surface area (TPSA) is 54.7 Å². The van der Waals surface area contributed by atoms with Gasteiger partial charge in [0.2, 0.25) is 0 Å². The van der Waals surface area contributed by atoms with Crippen molar-refractivity contribution in [3.63, 3.8) is 0 Å². The molecule has 3 aromatic rings. The highest BCUT2D eigenvalue weighted by atomic mass is 79.9. The number of fused-ring (bicyclic) bond motifs is 1. The maximum absolute atomic E-state index is 13.5. The minimum absolute atomic E-state index is 0.278. The summed E-state index contributed by atoms with van der Waals surface area (Å²) < 4.78 is 13.9. The highest BCUT2D eigenvalue weighted by Gasteiger charge is 2.12. The zero-order valence-corrected chi connectivity index (χ0v) is 12.2. The number of hydrogen-bond donors (Lipinski definition) is 2. The van der Waals surface area contributed by atoms with Gasteiger partial charge in [0.15, 0.2) is 0 Å². The van der Waals surface area contributed by atoms with E-state index in [4.69, 9.17) is 5.73 Å². The third-order valence-electron chi connectivity index (χ3n) is 3.20. The number of nitrogens with two attached hydrogens (primary N) is 1. The zero-order chi connectivity index (χ0) is 14.1. The van der Waals surface area contributed by atoms with E-state index in [9.17, 15) is 4.39 Å². The first-order valence-electron chi connectivity index (χ1n) is 6.27. The maximum atomic E-state index is 13.5. The van der Waals surface area contributed by atoms with E-state index in [1.807, 2.05) is 30.3 Å². The molecule has 3 nitrogen and oxygen atoms in total. The molecule has 0 saturated heterocycles. The highest BCUT2D eigenvalue weighted by Crippen LogP contribution is 2.21. The Morgan fingerprint density at radius 2 is 2.05 bits per heavy atom. The Kier molecular flexibility index (Phi) is 3.54. The number of nitrogens with one attached hydrogen (secondary N) is 1. The Hall–Kier alpha value is -1.72. The molecule has 1 heterocycles. The second-order valence-corrected chi connectivity index (χ2v) is 5.55. The molecule has 0 aliphatic carbocycles. The first kappa shape index (κ1) is 13.3. The van der Waals surface area contributed by atoms with Gasteiger partial charge in [-0.05, 0) is 52.2 Å². The van der Waals surface area contributed by atoms with Gasteiger partial charge < -0.3 is 10.7 Å². The van der Waals surface area contributed by atoms with Gasteiger partial charge in [0, 0.05) is 0 Å². The molecule has 0 saturated carbocycles. The van der Waals surface area contributed by atoms with Crippen molar-refractivity contribution in [1.29, 1.82) is 0 Å². The first-order valence-corrected chi connectivity index (χ1v) is 7.07. The fraction of sp³-hybridized carbons (Fsp3) is 0.133. The summed E-state index contributed by atoms with van der Waals surface area (Å²) in [5, 5.41) is 0. The predicted molar refractivity (Wildman–Crippen MR) is 80.8 cm³/mol. The Bertz CT molecular complexity index is 721. The molecule has 1 aromatic heterocycles. The van der Waals surface area contributed by atoms with Gasteiger partial charge in [-0.2, -0.15) is 0 Å². The number of halogens is 2. The molecule has 102 valence electrons. The molecule has 3 rings (SSSR count). The molecule has 0 fully saturated rings. The molecule has 20 heavy (non-hydrogen) atoms. The normalized spacial score (nSPS) is 12.8. The van der Waals surface area contributed by atoms with E-state index in [-0.39, 0.29) is 11.9 Å². The van der Waals surface area contributed by atoms with E-state index in [2.05, 4.69) is 25.9 Å². The molecular weight excluding hydrogens is 321 g/mol. The van der Waals surface area contributed by atoms with Crippen LogP contribution in [-0.2, 0) is 6.42 Å². The summed E-state index contributed by atoms with van der Waals surface area (Å²) in [6.07, 6.45) is 0.532. The fourth-order valence-electron chi connectivity index (χ4n) is 2.17.